The van der Waals surface area contributed by atoms with E-state index in [0.29, 0.717) is 40.1 Å². The Hall–Kier alpha value is -0.300. The quantitative estimate of drug-likeness (QED) is 0.443. The second kappa shape index (κ2) is 6.86. The predicted octanol–water partition coefficient (Wildman–Crippen LogP) is 8.03. The average molecular weight is 427 g/mol. The Bertz CT molecular complexity index is 762. The lowest BCUT2D eigenvalue weighted by Crippen LogP contribution is -2.62. The van der Waals surface area contributed by atoms with Crippen LogP contribution in [0, 0.1) is 56.7 Å². The van der Waals surface area contributed by atoms with Crippen LogP contribution < -0.4 is 0 Å². The molecule has 5 aliphatic carbocycles. The Morgan fingerprint density at radius 1 is 0.903 bits per heavy atom. The van der Waals surface area contributed by atoms with Crippen LogP contribution in [0.4, 0.5) is 0 Å². The monoisotopic (exact) mass is 426 g/mol. The van der Waals surface area contributed by atoms with Crippen LogP contribution in [0.5, 0.6) is 0 Å². The summed E-state index contributed by atoms with van der Waals surface area (Å²) in [5, 5.41) is 11.0. The van der Waals surface area contributed by atoms with Crippen LogP contribution in [0.3, 0.4) is 0 Å². The minimum absolute atomic E-state index is 0.146. The van der Waals surface area contributed by atoms with E-state index >= 15 is 0 Å². The van der Waals surface area contributed by atoms with E-state index in [-0.39, 0.29) is 5.41 Å². The van der Waals surface area contributed by atoms with Gasteiger partial charge in [-0.05, 0) is 109 Å². The Kier molecular flexibility index (Phi) is 4.98. The molecule has 1 nitrogen and oxygen atoms in total. The number of rotatable bonds is 2. The van der Waals surface area contributed by atoms with Crippen LogP contribution in [-0.4, -0.2) is 11.7 Å². The first-order valence-electron chi connectivity index (χ1n) is 13.8. The zero-order valence-corrected chi connectivity index (χ0v) is 21.7. The van der Waals surface area contributed by atoms with Crippen LogP contribution in [0.15, 0.2) is 11.6 Å². The third kappa shape index (κ3) is 2.65. The molecule has 5 aliphatic rings. The zero-order chi connectivity index (χ0) is 22.4. The number of aliphatic hydroxyl groups excluding tert-OH is 1. The summed E-state index contributed by atoms with van der Waals surface area (Å²) < 4.78 is 0. The highest BCUT2D eigenvalue weighted by atomic mass is 16.3. The van der Waals surface area contributed by atoms with E-state index in [0.717, 1.165) is 17.8 Å². The lowest BCUT2D eigenvalue weighted by Gasteiger charge is -2.69. The first-order chi connectivity index (χ1) is 14.5. The van der Waals surface area contributed by atoms with Crippen molar-refractivity contribution in [1.29, 1.82) is 0 Å². The van der Waals surface area contributed by atoms with Crippen molar-refractivity contribution in [1.82, 2.24) is 0 Å². The lowest BCUT2D eigenvalue weighted by molar-refractivity contribution is -0.156. The number of hydrogen-bond donors (Lipinski definition) is 1. The molecule has 5 rings (SSSR count). The fourth-order valence-corrected chi connectivity index (χ4v) is 11.3. The van der Waals surface area contributed by atoms with Crippen LogP contribution in [0.25, 0.3) is 0 Å². The van der Waals surface area contributed by atoms with E-state index in [1.807, 2.05) is 0 Å². The van der Waals surface area contributed by atoms with Gasteiger partial charge in [0.25, 0.3) is 0 Å². The minimum Gasteiger partial charge on any atom is -0.396 e. The molecule has 0 heterocycles. The molecule has 176 valence electrons. The van der Waals surface area contributed by atoms with Crippen molar-refractivity contribution in [3.63, 3.8) is 0 Å². The van der Waals surface area contributed by atoms with Gasteiger partial charge in [0.15, 0.2) is 0 Å². The van der Waals surface area contributed by atoms with Crippen LogP contribution in [-0.2, 0) is 0 Å². The van der Waals surface area contributed by atoms with Crippen molar-refractivity contribution < 1.29 is 5.11 Å². The standard InChI is InChI=1S/C30H50O/c1-20(2)21-9-12-25-27(21,5)17-18-28(6)22-10-11-24-26(3,4)14-8-15-30(24,19-31)23(22)13-16-29(25,28)7/h10,20-21,23-25,31H,8-9,11-19H2,1-7H3/t21-,23+,24+,25-,27-,28-,29+,30+/m1/s1. The van der Waals surface area contributed by atoms with Gasteiger partial charge in [-0.1, -0.05) is 66.5 Å². The molecule has 0 radical (unpaired) electrons. The van der Waals surface area contributed by atoms with Crippen molar-refractivity contribution in [3.8, 4) is 0 Å². The molecule has 4 saturated carbocycles. The molecule has 0 aromatic rings. The van der Waals surface area contributed by atoms with E-state index < -0.39 is 0 Å². The molecule has 31 heavy (non-hydrogen) atoms. The number of fused-ring (bicyclic) bond motifs is 7. The summed E-state index contributed by atoms with van der Waals surface area (Å²) in [7, 11) is 0. The molecule has 0 aromatic carbocycles. The van der Waals surface area contributed by atoms with Gasteiger partial charge in [0, 0.05) is 12.0 Å². The van der Waals surface area contributed by atoms with Crippen LogP contribution >= 0.6 is 0 Å². The first kappa shape index (κ1) is 22.5. The molecule has 1 N–H and O–H groups in total. The maximum absolute atomic E-state index is 11.0. The van der Waals surface area contributed by atoms with Crippen LogP contribution in [0.1, 0.15) is 113 Å². The summed E-state index contributed by atoms with van der Waals surface area (Å²) in [4.78, 5) is 0. The zero-order valence-electron chi connectivity index (χ0n) is 21.7. The fraction of sp³-hybridized carbons (Fsp3) is 0.933. The van der Waals surface area contributed by atoms with Crippen LogP contribution in [0.2, 0.25) is 0 Å². The first-order valence-corrected chi connectivity index (χ1v) is 13.8. The Morgan fingerprint density at radius 3 is 2.32 bits per heavy atom. The Labute approximate surface area is 192 Å². The van der Waals surface area contributed by atoms with Crippen molar-refractivity contribution in [2.75, 3.05) is 6.61 Å². The average Bonchev–Trinajstić information content (AvgIpc) is 3.07. The van der Waals surface area contributed by atoms with Gasteiger partial charge in [0.05, 0.1) is 0 Å². The molecule has 0 aromatic heterocycles. The van der Waals surface area contributed by atoms with Crippen molar-refractivity contribution >= 4 is 0 Å². The van der Waals surface area contributed by atoms with Crippen molar-refractivity contribution in [3.05, 3.63) is 11.6 Å². The second-order valence-electron chi connectivity index (χ2n) is 14.5. The van der Waals surface area contributed by atoms with Gasteiger partial charge in [-0.3, -0.25) is 0 Å². The third-order valence-corrected chi connectivity index (χ3v) is 13.0. The summed E-state index contributed by atoms with van der Waals surface area (Å²) in [5.74, 6) is 3.88. The maximum Gasteiger partial charge on any atom is 0.0496 e. The third-order valence-electron chi connectivity index (χ3n) is 13.0. The molecule has 0 unspecified atom stereocenters. The molecular formula is C30H50O. The molecule has 0 spiro atoms. The fourth-order valence-electron chi connectivity index (χ4n) is 11.3. The molecule has 0 amide bonds. The minimum atomic E-state index is 0.146. The number of hydrogen-bond acceptors (Lipinski definition) is 1. The Balaban J connectivity index is 1.57. The topological polar surface area (TPSA) is 20.2 Å². The van der Waals surface area contributed by atoms with Gasteiger partial charge in [0.1, 0.15) is 0 Å². The highest BCUT2D eigenvalue weighted by Gasteiger charge is 2.68. The summed E-state index contributed by atoms with van der Waals surface area (Å²) in [5.41, 5.74) is 3.62. The van der Waals surface area contributed by atoms with Gasteiger partial charge in [-0.2, -0.15) is 0 Å². The summed E-state index contributed by atoms with van der Waals surface area (Å²) >= 11 is 0. The maximum atomic E-state index is 11.0. The number of allylic oxidation sites excluding steroid dienone is 2. The van der Waals surface area contributed by atoms with Gasteiger partial charge in [0.2, 0.25) is 0 Å². The van der Waals surface area contributed by atoms with E-state index in [4.69, 9.17) is 0 Å². The highest BCUT2D eigenvalue weighted by molar-refractivity contribution is 5.34. The van der Waals surface area contributed by atoms with Gasteiger partial charge in [-0.25, -0.2) is 0 Å². The molecule has 4 fully saturated rings. The van der Waals surface area contributed by atoms with Crippen molar-refractivity contribution in [2.24, 2.45) is 56.7 Å². The summed E-state index contributed by atoms with van der Waals surface area (Å²) in [6, 6.07) is 0. The van der Waals surface area contributed by atoms with E-state index in [1.54, 1.807) is 5.57 Å². The van der Waals surface area contributed by atoms with Gasteiger partial charge < -0.3 is 5.11 Å². The summed E-state index contributed by atoms with van der Waals surface area (Å²) in [6.07, 6.45) is 16.2. The smallest absolute Gasteiger partial charge is 0.0496 e. The molecule has 0 bridgehead atoms. The molecule has 0 saturated heterocycles. The van der Waals surface area contributed by atoms with E-state index in [2.05, 4.69) is 54.5 Å². The predicted molar refractivity (Wildman–Crippen MR) is 131 cm³/mol. The largest absolute Gasteiger partial charge is 0.396 e. The second-order valence-corrected chi connectivity index (χ2v) is 14.5. The lowest BCUT2D eigenvalue weighted by atomic mass is 9.35. The SMILES string of the molecule is CC(C)[C@H]1CC[C@@H]2[C@]1(C)CC[C@]1(C)C3=CC[C@H]4C(C)(C)CCC[C@]4(CO)[C@H]3CC[C@@]21C. The molecule has 1 heteroatoms. The summed E-state index contributed by atoms with van der Waals surface area (Å²) in [6.45, 7) is 18.4. The van der Waals surface area contributed by atoms with Gasteiger partial charge in [-0.15, -0.1) is 0 Å². The number of aliphatic hydroxyl groups is 1. The van der Waals surface area contributed by atoms with E-state index in [9.17, 15) is 5.11 Å². The molecule has 0 aliphatic heterocycles. The molecule has 8 atom stereocenters. The van der Waals surface area contributed by atoms with Crippen molar-refractivity contribution in [2.45, 2.75) is 113 Å². The molecular weight excluding hydrogens is 376 g/mol. The highest BCUT2D eigenvalue weighted by Crippen LogP contribution is 2.76. The van der Waals surface area contributed by atoms with Gasteiger partial charge >= 0.3 is 0 Å². The normalized spacial score (nSPS) is 53.3. The Morgan fingerprint density at radius 2 is 1.65 bits per heavy atom. The van der Waals surface area contributed by atoms with E-state index in [1.165, 1.54) is 64.2 Å².